The van der Waals surface area contributed by atoms with E-state index in [2.05, 4.69) is 22.3 Å². The summed E-state index contributed by atoms with van der Waals surface area (Å²) in [5.41, 5.74) is 1.31. The van der Waals surface area contributed by atoms with Crippen LogP contribution in [0.3, 0.4) is 0 Å². The number of hydrogen-bond donors (Lipinski definition) is 1. The summed E-state index contributed by atoms with van der Waals surface area (Å²) in [6.45, 7) is 4.54. The van der Waals surface area contributed by atoms with Gasteiger partial charge in [-0.05, 0) is 43.6 Å². The Morgan fingerprint density at radius 1 is 1.29 bits per heavy atom. The summed E-state index contributed by atoms with van der Waals surface area (Å²) in [5, 5.41) is 3.04. The van der Waals surface area contributed by atoms with Crippen LogP contribution in [-0.2, 0) is 16.1 Å². The predicted octanol–water partition coefficient (Wildman–Crippen LogP) is 1.39. The summed E-state index contributed by atoms with van der Waals surface area (Å²) in [5.74, 6) is 1.82. The molecule has 6 heteroatoms. The molecule has 1 amide bonds. The predicted molar refractivity (Wildman–Crippen MR) is 87.9 cm³/mol. The van der Waals surface area contributed by atoms with Gasteiger partial charge in [0.25, 0.3) is 0 Å². The molecule has 1 atom stereocenters. The Hall–Kier alpha value is -1.79. The normalized spacial score (nSPS) is 25.2. The van der Waals surface area contributed by atoms with Crippen LogP contribution in [0.2, 0.25) is 0 Å². The third-order valence-electron chi connectivity index (χ3n) is 5.70. The first kappa shape index (κ1) is 15.7. The Bertz CT molecular complexity index is 625. The minimum Gasteiger partial charge on any atom is -0.454 e. The standard InChI is InChI=1S/C18H24N2O4/c1-22-10-14-17(21)19-11-18(14)4-6-20(7-5-18)9-13-2-3-15-16(8-13)24-12-23-15/h2-3,8,14H,4-7,9-12H2,1H3,(H,19,21)/t14-/m1/s1. The lowest BCUT2D eigenvalue weighted by molar-refractivity contribution is -0.126. The van der Waals surface area contributed by atoms with E-state index in [0.717, 1.165) is 50.5 Å². The van der Waals surface area contributed by atoms with Crippen LogP contribution in [-0.4, -0.2) is 51.0 Å². The maximum Gasteiger partial charge on any atom is 0.231 e. The highest BCUT2D eigenvalue weighted by atomic mass is 16.7. The molecule has 1 spiro atoms. The molecule has 0 radical (unpaired) electrons. The second kappa shape index (κ2) is 6.26. The van der Waals surface area contributed by atoms with Crippen molar-refractivity contribution in [1.29, 1.82) is 0 Å². The first-order valence-corrected chi connectivity index (χ1v) is 8.58. The van der Waals surface area contributed by atoms with Gasteiger partial charge in [-0.25, -0.2) is 0 Å². The summed E-state index contributed by atoms with van der Waals surface area (Å²) >= 11 is 0. The van der Waals surface area contributed by atoms with Crippen molar-refractivity contribution in [2.45, 2.75) is 19.4 Å². The Balaban J connectivity index is 1.38. The SMILES string of the molecule is COC[C@@H]1C(=O)NCC12CCN(Cc1ccc3c(c1)OCO3)CC2. The van der Waals surface area contributed by atoms with E-state index >= 15 is 0 Å². The van der Waals surface area contributed by atoms with Crippen molar-refractivity contribution < 1.29 is 19.0 Å². The average molecular weight is 332 g/mol. The zero-order chi connectivity index (χ0) is 16.6. The number of rotatable bonds is 4. The van der Waals surface area contributed by atoms with Gasteiger partial charge in [-0.15, -0.1) is 0 Å². The topological polar surface area (TPSA) is 60.0 Å². The molecule has 2 saturated heterocycles. The summed E-state index contributed by atoms with van der Waals surface area (Å²) < 4.78 is 16.1. The van der Waals surface area contributed by atoms with Gasteiger partial charge >= 0.3 is 0 Å². The molecule has 0 aromatic heterocycles. The van der Waals surface area contributed by atoms with E-state index in [4.69, 9.17) is 14.2 Å². The van der Waals surface area contributed by atoms with Gasteiger partial charge in [0.1, 0.15) is 0 Å². The summed E-state index contributed by atoms with van der Waals surface area (Å²) in [6.07, 6.45) is 2.06. The van der Waals surface area contributed by atoms with Gasteiger partial charge in [0.05, 0.1) is 12.5 Å². The molecule has 6 nitrogen and oxygen atoms in total. The van der Waals surface area contributed by atoms with Crippen molar-refractivity contribution >= 4 is 5.91 Å². The van der Waals surface area contributed by atoms with Gasteiger partial charge in [0.2, 0.25) is 12.7 Å². The monoisotopic (exact) mass is 332 g/mol. The van der Waals surface area contributed by atoms with E-state index < -0.39 is 0 Å². The van der Waals surface area contributed by atoms with Crippen LogP contribution in [0.1, 0.15) is 18.4 Å². The van der Waals surface area contributed by atoms with Gasteiger partial charge < -0.3 is 19.5 Å². The van der Waals surface area contributed by atoms with Crippen LogP contribution in [0.25, 0.3) is 0 Å². The number of carbonyl (C=O) groups is 1. The summed E-state index contributed by atoms with van der Waals surface area (Å²) in [7, 11) is 1.67. The molecule has 130 valence electrons. The Morgan fingerprint density at radius 3 is 2.88 bits per heavy atom. The number of ether oxygens (including phenoxy) is 3. The van der Waals surface area contributed by atoms with Crippen molar-refractivity contribution in [3.8, 4) is 11.5 Å². The maximum atomic E-state index is 12.1. The van der Waals surface area contributed by atoms with E-state index in [9.17, 15) is 4.79 Å². The quantitative estimate of drug-likeness (QED) is 0.903. The van der Waals surface area contributed by atoms with Crippen molar-refractivity contribution in [3.63, 3.8) is 0 Å². The number of carbonyl (C=O) groups excluding carboxylic acids is 1. The fourth-order valence-electron chi connectivity index (χ4n) is 4.19. The number of benzene rings is 1. The zero-order valence-electron chi connectivity index (χ0n) is 14.0. The molecule has 24 heavy (non-hydrogen) atoms. The van der Waals surface area contributed by atoms with Crippen LogP contribution < -0.4 is 14.8 Å². The Morgan fingerprint density at radius 2 is 2.08 bits per heavy atom. The van der Waals surface area contributed by atoms with Crippen molar-refractivity contribution in [3.05, 3.63) is 23.8 Å². The molecule has 0 unspecified atom stereocenters. The smallest absolute Gasteiger partial charge is 0.231 e. The lowest BCUT2D eigenvalue weighted by atomic mass is 9.71. The number of methoxy groups -OCH3 is 1. The molecule has 3 aliphatic heterocycles. The zero-order valence-corrected chi connectivity index (χ0v) is 14.0. The van der Waals surface area contributed by atoms with Gasteiger partial charge in [0, 0.05) is 25.6 Å². The molecule has 4 rings (SSSR count). The van der Waals surface area contributed by atoms with Crippen molar-refractivity contribution in [1.82, 2.24) is 10.2 Å². The minimum absolute atomic E-state index is 0.00445. The van der Waals surface area contributed by atoms with Gasteiger partial charge in [-0.3, -0.25) is 9.69 Å². The highest BCUT2D eigenvalue weighted by Crippen LogP contribution is 2.42. The number of nitrogens with zero attached hydrogens (tertiary/aromatic N) is 1. The van der Waals surface area contributed by atoms with Crippen LogP contribution in [0, 0.1) is 11.3 Å². The molecule has 1 aromatic carbocycles. The number of amides is 1. The largest absolute Gasteiger partial charge is 0.454 e. The fourth-order valence-corrected chi connectivity index (χ4v) is 4.19. The lowest BCUT2D eigenvalue weighted by Crippen LogP contribution is -2.45. The van der Waals surface area contributed by atoms with Crippen LogP contribution in [0.5, 0.6) is 11.5 Å². The molecule has 3 aliphatic rings. The maximum absolute atomic E-state index is 12.1. The van der Waals surface area contributed by atoms with E-state index in [1.165, 1.54) is 5.56 Å². The summed E-state index contributed by atoms with van der Waals surface area (Å²) in [4.78, 5) is 14.5. The van der Waals surface area contributed by atoms with E-state index in [1.54, 1.807) is 7.11 Å². The van der Waals surface area contributed by atoms with E-state index in [-0.39, 0.29) is 17.2 Å². The molecule has 0 bridgehead atoms. The molecule has 1 N–H and O–H groups in total. The molecule has 3 heterocycles. The van der Waals surface area contributed by atoms with Gasteiger partial charge in [-0.2, -0.15) is 0 Å². The number of likely N-dealkylation sites (tertiary alicyclic amines) is 1. The van der Waals surface area contributed by atoms with Crippen LogP contribution in [0.4, 0.5) is 0 Å². The average Bonchev–Trinajstić information content (AvgIpc) is 3.17. The Labute approximate surface area is 142 Å². The third kappa shape index (κ3) is 2.74. The molecule has 1 aromatic rings. The number of hydrogen-bond acceptors (Lipinski definition) is 5. The first-order chi connectivity index (χ1) is 11.7. The minimum atomic E-state index is -0.00445. The highest BCUT2D eigenvalue weighted by Gasteiger charge is 2.49. The first-order valence-electron chi connectivity index (χ1n) is 8.58. The number of nitrogens with one attached hydrogen (secondary N) is 1. The van der Waals surface area contributed by atoms with Gasteiger partial charge in [0.15, 0.2) is 11.5 Å². The molecule has 0 saturated carbocycles. The van der Waals surface area contributed by atoms with Crippen LogP contribution in [0.15, 0.2) is 18.2 Å². The summed E-state index contributed by atoms with van der Waals surface area (Å²) in [6, 6.07) is 6.16. The number of fused-ring (bicyclic) bond motifs is 1. The second-order valence-corrected chi connectivity index (χ2v) is 7.05. The number of piperidine rings is 1. The molecule has 2 fully saturated rings. The Kier molecular flexibility index (Phi) is 4.10. The fraction of sp³-hybridized carbons (Fsp3) is 0.611. The second-order valence-electron chi connectivity index (χ2n) is 7.05. The van der Waals surface area contributed by atoms with Crippen molar-refractivity contribution in [2.75, 3.05) is 40.1 Å². The van der Waals surface area contributed by atoms with Crippen LogP contribution >= 0.6 is 0 Å². The third-order valence-corrected chi connectivity index (χ3v) is 5.70. The molecular formula is C18H24N2O4. The highest BCUT2D eigenvalue weighted by molar-refractivity contribution is 5.82. The molecular weight excluding hydrogens is 308 g/mol. The van der Waals surface area contributed by atoms with Crippen molar-refractivity contribution in [2.24, 2.45) is 11.3 Å². The molecule has 0 aliphatic carbocycles. The van der Waals surface area contributed by atoms with E-state index in [0.29, 0.717) is 13.4 Å². The van der Waals surface area contributed by atoms with Gasteiger partial charge in [-0.1, -0.05) is 6.07 Å². The lowest BCUT2D eigenvalue weighted by Gasteiger charge is -2.41. The van der Waals surface area contributed by atoms with E-state index in [1.807, 2.05) is 6.07 Å².